The zero-order chi connectivity index (χ0) is 11.1. The molecular formula is C13H16N2O. The fourth-order valence-corrected chi connectivity index (χ4v) is 3.01. The number of hydrogen-bond acceptors (Lipinski definition) is 2. The van der Waals surface area contributed by atoms with Crippen LogP contribution in [0.25, 0.3) is 0 Å². The largest absolute Gasteiger partial charge is 0.334 e. The summed E-state index contributed by atoms with van der Waals surface area (Å²) in [6, 6.07) is 8.39. The molecule has 2 heterocycles. The Morgan fingerprint density at radius 1 is 1.38 bits per heavy atom. The van der Waals surface area contributed by atoms with Crippen LogP contribution in [0.4, 0.5) is 0 Å². The molecule has 16 heavy (non-hydrogen) atoms. The Balaban J connectivity index is 2.13. The molecule has 1 saturated heterocycles. The van der Waals surface area contributed by atoms with Crippen LogP contribution in [-0.2, 0) is 0 Å². The summed E-state index contributed by atoms with van der Waals surface area (Å²) in [7, 11) is 0. The number of nitrogens with one attached hydrogen (secondary N) is 1. The van der Waals surface area contributed by atoms with Gasteiger partial charge in [0.1, 0.15) is 0 Å². The minimum Gasteiger partial charge on any atom is -0.334 e. The lowest BCUT2D eigenvalue weighted by Gasteiger charge is -2.37. The van der Waals surface area contributed by atoms with Gasteiger partial charge in [-0.1, -0.05) is 18.2 Å². The van der Waals surface area contributed by atoms with Crippen molar-refractivity contribution in [3.05, 3.63) is 35.4 Å². The second-order valence-corrected chi connectivity index (χ2v) is 4.51. The zero-order valence-electron chi connectivity index (χ0n) is 9.44. The molecule has 1 amide bonds. The van der Waals surface area contributed by atoms with Crippen LogP contribution in [0.3, 0.4) is 0 Å². The van der Waals surface area contributed by atoms with E-state index in [1.54, 1.807) is 0 Å². The van der Waals surface area contributed by atoms with Crippen molar-refractivity contribution >= 4 is 5.91 Å². The van der Waals surface area contributed by atoms with Crippen LogP contribution >= 0.6 is 0 Å². The third-order valence-electron chi connectivity index (χ3n) is 3.77. The fourth-order valence-electron chi connectivity index (χ4n) is 3.01. The summed E-state index contributed by atoms with van der Waals surface area (Å²) in [6.45, 7) is 4.78. The maximum absolute atomic E-state index is 12.3. The van der Waals surface area contributed by atoms with Gasteiger partial charge < -0.3 is 10.2 Å². The van der Waals surface area contributed by atoms with Gasteiger partial charge in [0, 0.05) is 31.1 Å². The fraction of sp³-hybridized carbons (Fsp3) is 0.462. The van der Waals surface area contributed by atoms with Gasteiger partial charge in [-0.25, -0.2) is 0 Å². The summed E-state index contributed by atoms with van der Waals surface area (Å²) in [5.41, 5.74) is 2.13. The van der Waals surface area contributed by atoms with Crippen molar-refractivity contribution in [1.29, 1.82) is 0 Å². The number of benzene rings is 1. The van der Waals surface area contributed by atoms with Crippen molar-refractivity contribution in [3.63, 3.8) is 0 Å². The molecule has 1 fully saturated rings. The monoisotopic (exact) mass is 216 g/mol. The van der Waals surface area contributed by atoms with Crippen LogP contribution in [0.2, 0.25) is 0 Å². The van der Waals surface area contributed by atoms with E-state index in [0.29, 0.717) is 12.0 Å². The molecule has 0 radical (unpaired) electrons. The van der Waals surface area contributed by atoms with Gasteiger partial charge >= 0.3 is 0 Å². The topological polar surface area (TPSA) is 32.3 Å². The first-order valence-electron chi connectivity index (χ1n) is 5.93. The average Bonchev–Trinajstić information content (AvgIpc) is 2.79. The van der Waals surface area contributed by atoms with Crippen molar-refractivity contribution in [2.24, 2.45) is 0 Å². The molecule has 2 atom stereocenters. The quantitative estimate of drug-likeness (QED) is 0.765. The second-order valence-electron chi connectivity index (χ2n) is 4.51. The summed E-state index contributed by atoms with van der Waals surface area (Å²) in [6.07, 6.45) is 0. The van der Waals surface area contributed by atoms with Crippen LogP contribution in [0.1, 0.15) is 28.8 Å². The lowest BCUT2D eigenvalue weighted by Crippen LogP contribution is -2.47. The molecule has 0 bridgehead atoms. The molecule has 3 rings (SSSR count). The van der Waals surface area contributed by atoms with E-state index < -0.39 is 0 Å². The standard InChI is InChI=1S/C13H16N2O/c1-2-15-12-8-14-7-11(12)9-5-3-4-6-10(9)13(15)16/h3-6,11-12,14H,2,7-8H2,1H3/t11-,12+/m1/s1. The van der Waals surface area contributed by atoms with E-state index in [9.17, 15) is 4.79 Å². The van der Waals surface area contributed by atoms with E-state index >= 15 is 0 Å². The number of carbonyl (C=O) groups is 1. The van der Waals surface area contributed by atoms with Crippen molar-refractivity contribution in [2.45, 2.75) is 18.9 Å². The van der Waals surface area contributed by atoms with Crippen LogP contribution in [0, 0.1) is 0 Å². The SMILES string of the molecule is CCN1C(=O)c2ccccc2[C@H]2CNC[C@@H]21. The molecule has 2 aliphatic heterocycles. The molecular weight excluding hydrogens is 200 g/mol. The third kappa shape index (κ3) is 1.21. The maximum Gasteiger partial charge on any atom is 0.254 e. The number of likely N-dealkylation sites (N-methyl/N-ethyl adjacent to an activating group) is 1. The highest BCUT2D eigenvalue weighted by Gasteiger charge is 2.41. The smallest absolute Gasteiger partial charge is 0.254 e. The molecule has 0 spiro atoms. The lowest BCUT2D eigenvalue weighted by molar-refractivity contribution is 0.0661. The molecule has 3 nitrogen and oxygen atoms in total. The van der Waals surface area contributed by atoms with E-state index in [2.05, 4.69) is 18.3 Å². The van der Waals surface area contributed by atoms with Gasteiger partial charge in [0.25, 0.3) is 5.91 Å². The first kappa shape index (κ1) is 9.85. The van der Waals surface area contributed by atoms with E-state index in [0.717, 1.165) is 25.2 Å². The van der Waals surface area contributed by atoms with Crippen LogP contribution in [0.15, 0.2) is 24.3 Å². The Labute approximate surface area is 95.4 Å². The number of nitrogens with zero attached hydrogens (tertiary/aromatic N) is 1. The zero-order valence-corrected chi connectivity index (χ0v) is 9.44. The van der Waals surface area contributed by atoms with Crippen molar-refractivity contribution in [3.8, 4) is 0 Å². The van der Waals surface area contributed by atoms with Gasteiger partial charge in [0.15, 0.2) is 0 Å². The van der Waals surface area contributed by atoms with Crippen LogP contribution in [-0.4, -0.2) is 36.5 Å². The Morgan fingerprint density at radius 2 is 2.19 bits per heavy atom. The molecule has 1 N–H and O–H groups in total. The van der Waals surface area contributed by atoms with Gasteiger partial charge in [0.05, 0.1) is 6.04 Å². The summed E-state index contributed by atoms with van der Waals surface area (Å²) in [4.78, 5) is 14.3. The Bertz CT molecular complexity index is 430. The molecule has 1 aromatic carbocycles. The highest BCUT2D eigenvalue weighted by Crippen LogP contribution is 2.34. The van der Waals surface area contributed by atoms with Gasteiger partial charge in [-0.05, 0) is 18.6 Å². The minimum atomic E-state index is 0.197. The molecule has 1 aromatic rings. The predicted octanol–water partition coefficient (Wildman–Crippen LogP) is 1.22. The van der Waals surface area contributed by atoms with E-state index in [4.69, 9.17) is 0 Å². The summed E-state index contributed by atoms with van der Waals surface area (Å²) >= 11 is 0. The number of carbonyl (C=O) groups excluding carboxylic acids is 1. The van der Waals surface area contributed by atoms with Crippen molar-refractivity contribution < 1.29 is 4.79 Å². The predicted molar refractivity (Wildman–Crippen MR) is 62.6 cm³/mol. The molecule has 0 aromatic heterocycles. The number of hydrogen-bond donors (Lipinski definition) is 1. The second kappa shape index (κ2) is 3.59. The van der Waals surface area contributed by atoms with Gasteiger partial charge in [-0.3, -0.25) is 4.79 Å². The highest BCUT2D eigenvalue weighted by atomic mass is 16.2. The summed E-state index contributed by atoms with van der Waals surface area (Å²) < 4.78 is 0. The van der Waals surface area contributed by atoms with E-state index in [1.165, 1.54) is 5.56 Å². The Morgan fingerprint density at radius 3 is 3.00 bits per heavy atom. The van der Waals surface area contributed by atoms with Crippen molar-refractivity contribution in [2.75, 3.05) is 19.6 Å². The minimum absolute atomic E-state index is 0.197. The molecule has 0 unspecified atom stereocenters. The van der Waals surface area contributed by atoms with E-state index in [-0.39, 0.29) is 5.91 Å². The maximum atomic E-state index is 12.3. The molecule has 3 heteroatoms. The Kier molecular flexibility index (Phi) is 2.21. The molecule has 0 aliphatic carbocycles. The first-order chi connectivity index (χ1) is 7.83. The van der Waals surface area contributed by atoms with Crippen LogP contribution in [0.5, 0.6) is 0 Å². The number of fused-ring (bicyclic) bond motifs is 3. The van der Waals surface area contributed by atoms with Crippen molar-refractivity contribution in [1.82, 2.24) is 10.2 Å². The van der Waals surface area contributed by atoms with Gasteiger partial charge in [0.2, 0.25) is 0 Å². The third-order valence-corrected chi connectivity index (χ3v) is 3.77. The Hall–Kier alpha value is -1.35. The highest BCUT2D eigenvalue weighted by molar-refractivity contribution is 5.97. The van der Waals surface area contributed by atoms with Crippen LogP contribution < -0.4 is 5.32 Å². The average molecular weight is 216 g/mol. The molecule has 84 valence electrons. The van der Waals surface area contributed by atoms with E-state index in [1.807, 2.05) is 23.1 Å². The number of rotatable bonds is 1. The lowest BCUT2D eigenvalue weighted by atomic mass is 9.85. The number of amides is 1. The molecule has 0 saturated carbocycles. The van der Waals surface area contributed by atoms with Gasteiger partial charge in [-0.2, -0.15) is 0 Å². The van der Waals surface area contributed by atoms with Gasteiger partial charge in [-0.15, -0.1) is 0 Å². The summed E-state index contributed by atoms with van der Waals surface area (Å²) in [5.74, 6) is 0.678. The summed E-state index contributed by atoms with van der Waals surface area (Å²) in [5, 5.41) is 3.40. The normalized spacial score (nSPS) is 27.8. The molecule has 2 aliphatic rings. The first-order valence-corrected chi connectivity index (χ1v) is 5.93.